The van der Waals surface area contributed by atoms with Crippen LogP contribution in [0, 0.1) is 0 Å². The van der Waals surface area contributed by atoms with Gasteiger partial charge in [0, 0.05) is 26.7 Å². The maximum absolute atomic E-state index is 12.0. The molecule has 0 radical (unpaired) electrons. The predicted molar refractivity (Wildman–Crippen MR) is 122 cm³/mol. The van der Waals surface area contributed by atoms with E-state index in [1.165, 1.54) is 0 Å². The minimum atomic E-state index is -3.32. The Labute approximate surface area is 180 Å². The summed E-state index contributed by atoms with van der Waals surface area (Å²) in [5, 5.41) is 3.32. The van der Waals surface area contributed by atoms with Crippen LogP contribution in [0.5, 0.6) is 5.75 Å². The first-order valence-electron chi connectivity index (χ1n) is 9.96. The zero-order chi connectivity index (χ0) is 22.0. The van der Waals surface area contributed by atoms with E-state index in [-0.39, 0.29) is 11.8 Å². The SMILES string of the molecule is CN=C(NCc1ccc(CS(=O)(=O)NC(C)C)cc1)N(C)CCOc1ccccc1. The molecule has 0 fully saturated rings. The van der Waals surface area contributed by atoms with E-state index in [0.29, 0.717) is 19.7 Å². The Morgan fingerprint density at radius 3 is 2.30 bits per heavy atom. The lowest BCUT2D eigenvalue weighted by Gasteiger charge is -2.22. The molecule has 2 N–H and O–H groups in total. The smallest absolute Gasteiger partial charge is 0.216 e. The van der Waals surface area contributed by atoms with Crippen LogP contribution in [0.4, 0.5) is 0 Å². The van der Waals surface area contributed by atoms with Crippen molar-refractivity contribution < 1.29 is 13.2 Å². The molecule has 30 heavy (non-hydrogen) atoms. The molecule has 0 aliphatic heterocycles. The first-order valence-corrected chi connectivity index (χ1v) is 11.6. The topological polar surface area (TPSA) is 83.0 Å². The molecule has 0 atom stereocenters. The van der Waals surface area contributed by atoms with Crippen LogP contribution in [0.25, 0.3) is 0 Å². The maximum Gasteiger partial charge on any atom is 0.216 e. The minimum absolute atomic E-state index is 0.0231. The van der Waals surface area contributed by atoms with Gasteiger partial charge in [-0.2, -0.15) is 0 Å². The lowest BCUT2D eigenvalue weighted by molar-refractivity contribution is 0.281. The number of sulfonamides is 1. The van der Waals surface area contributed by atoms with Crippen LogP contribution >= 0.6 is 0 Å². The molecule has 0 heterocycles. The fourth-order valence-electron chi connectivity index (χ4n) is 2.86. The van der Waals surface area contributed by atoms with Gasteiger partial charge in [0.05, 0.1) is 12.3 Å². The van der Waals surface area contributed by atoms with Crippen molar-refractivity contribution >= 4 is 16.0 Å². The summed E-state index contributed by atoms with van der Waals surface area (Å²) in [5.74, 6) is 1.59. The average molecular weight is 433 g/mol. The van der Waals surface area contributed by atoms with Crippen LogP contribution in [0.3, 0.4) is 0 Å². The fourth-order valence-corrected chi connectivity index (χ4v) is 4.30. The van der Waals surface area contributed by atoms with E-state index in [1.54, 1.807) is 7.05 Å². The van der Waals surface area contributed by atoms with Crippen LogP contribution in [0.2, 0.25) is 0 Å². The van der Waals surface area contributed by atoms with Crippen LogP contribution in [-0.2, 0) is 22.3 Å². The molecule has 0 amide bonds. The lowest BCUT2D eigenvalue weighted by Crippen LogP contribution is -2.40. The summed E-state index contributed by atoms with van der Waals surface area (Å²) >= 11 is 0. The van der Waals surface area contributed by atoms with Gasteiger partial charge in [-0.25, -0.2) is 13.1 Å². The van der Waals surface area contributed by atoms with Gasteiger partial charge in [0.15, 0.2) is 5.96 Å². The summed E-state index contributed by atoms with van der Waals surface area (Å²) in [5.41, 5.74) is 1.80. The third-order valence-corrected chi connectivity index (χ3v) is 5.80. The van der Waals surface area contributed by atoms with Crippen LogP contribution in [0.15, 0.2) is 59.6 Å². The van der Waals surface area contributed by atoms with E-state index in [4.69, 9.17) is 4.74 Å². The van der Waals surface area contributed by atoms with E-state index in [2.05, 4.69) is 15.0 Å². The molecule has 0 bridgehead atoms. The maximum atomic E-state index is 12.0. The molecule has 2 aromatic rings. The Morgan fingerprint density at radius 1 is 1.07 bits per heavy atom. The quantitative estimate of drug-likeness (QED) is 0.445. The molecule has 0 aromatic heterocycles. The number of nitrogens with one attached hydrogen (secondary N) is 2. The second-order valence-electron chi connectivity index (χ2n) is 7.33. The number of hydrogen-bond acceptors (Lipinski definition) is 4. The molecule has 0 saturated carbocycles. The van der Waals surface area contributed by atoms with Crippen molar-refractivity contribution in [3.05, 3.63) is 65.7 Å². The van der Waals surface area contributed by atoms with Gasteiger partial charge in [0.2, 0.25) is 10.0 Å². The minimum Gasteiger partial charge on any atom is -0.492 e. The zero-order valence-corrected chi connectivity index (χ0v) is 18.9. The first-order chi connectivity index (χ1) is 14.3. The molecule has 0 unspecified atom stereocenters. The van der Waals surface area contributed by atoms with Crippen molar-refractivity contribution in [1.29, 1.82) is 0 Å². The van der Waals surface area contributed by atoms with E-state index >= 15 is 0 Å². The number of hydrogen-bond donors (Lipinski definition) is 2. The van der Waals surface area contributed by atoms with Gasteiger partial charge >= 0.3 is 0 Å². The number of benzene rings is 2. The van der Waals surface area contributed by atoms with Crippen LogP contribution in [0.1, 0.15) is 25.0 Å². The number of aliphatic imine (C=N–C) groups is 1. The summed E-state index contributed by atoms with van der Waals surface area (Å²) in [6.45, 7) is 5.45. The Hall–Kier alpha value is -2.58. The number of guanidine groups is 1. The van der Waals surface area contributed by atoms with E-state index in [0.717, 1.165) is 22.8 Å². The van der Waals surface area contributed by atoms with Gasteiger partial charge in [-0.05, 0) is 37.1 Å². The van der Waals surface area contributed by atoms with E-state index < -0.39 is 10.0 Å². The normalized spacial score (nSPS) is 12.1. The molecule has 0 saturated heterocycles. The second kappa shape index (κ2) is 11.6. The van der Waals surface area contributed by atoms with Crippen molar-refractivity contribution in [2.75, 3.05) is 27.2 Å². The number of rotatable bonds is 10. The Morgan fingerprint density at radius 2 is 1.70 bits per heavy atom. The van der Waals surface area contributed by atoms with Crippen molar-refractivity contribution in [2.24, 2.45) is 4.99 Å². The average Bonchev–Trinajstić information content (AvgIpc) is 2.69. The largest absolute Gasteiger partial charge is 0.492 e. The molecular weight excluding hydrogens is 400 g/mol. The second-order valence-corrected chi connectivity index (χ2v) is 9.09. The summed E-state index contributed by atoms with van der Waals surface area (Å²) in [7, 11) is 0.380. The standard InChI is InChI=1S/C22H32N4O3S/c1-18(2)25-30(27,28)17-20-12-10-19(11-13-20)16-24-22(23-3)26(4)14-15-29-21-8-6-5-7-9-21/h5-13,18,25H,14-17H2,1-4H3,(H,23,24). The van der Waals surface area contributed by atoms with E-state index in [1.807, 2.05) is 80.4 Å². The summed E-state index contributed by atoms with van der Waals surface area (Å²) in [6.07, 6.45) is 0. The molecule has 2 rings (SSSR count). The highest BCUT2D eigenvalue weighted by molar-refractivity contribution is 7.88. The van der Waals surface area contributed by atoms with Gasteiger partial charge in [-0.3, -0.25) is 4.99 Å². The molecule has 0 spiro atoms. The highest BCUT2D eigenvalue weighted by Gasteiger charge is 2.13. The zero-order valence-electron chi connectivity index (χ0n) is 18.1. The molecule has 0 aliphatic carbocycles. The van der Waals surface area contributed by atoms with Crippen molar-refractivity contribution in [3.63, 3.8) is 0 Å². The molecule has 164 valence electrons. The summed E-state index contributed by atoms with van der Waals surface area (Å²) < 4.78 is 32.4. The van der Waals surface area contributed by atoms with Crippen molar-refractivity contribution in [1.82, 2.24) is 14.9 Å². The predicted octanol–water partition coefficient (Wildman–Crippen LogP) is 2.60. The van der Waals surface area contributed by atoms with Crippen LogP contribution in [-0.4, -0.2) is 52.6 Å². The summed E-state index contributed by atoms with van der Waals surface area (Å²) in [4.78, 5) is 6.31. The first kappa shape index (κ1) is 23.7. The fraction of sp³-hybridized carbons (Fsp3) is 0.409. The number of nitrogens with zero attached hydrogens (tertiary/aromatic N) is 2. The van der Waals surface area contributed by atoms with Gasteiger partial charge in [-0.15, -0.1) is 0 Å². The van der Waals surface area contributed by atoms with E-state index in [9.17, 15) is 8.42 Å². The Kier molecular flexibility index (Phi) is 9.14. The molecule has 2 aromatic carbocycles. The summed E-state index contributed by atoms with van der Waals surface area (Å²) in [6, 6.07) is 17.1. The molecule has 0 aliphatic rings. The number of ether oxygens (including phenoxy) is 1. The van der Waals surface area contributed by atoms with Crippen molar-refractivity contribution in [3.8, 4) is 5.75 Å². The molecule has 8 heteroatoms. The van der Waals surface area contributed by atoms with Gasteiger partial charge < -0.3 is 15.0 Å². The Balaban J connectivity index is 1.81. The Bertz CT molecular complexity index is 898. The highest BCUT2D eigenvalue weighted by atomic mass is 32.2. The van der Waals surface area contributed by atoms with Gasteiger partial charge in [0.25, 0.3) is 0 Å². The third-order valence-electron chi connectivity index (χ3n) is 4.26. The molecule has 7 nitrogen and oxygen atoms in total. The number of para-hydroxylation sites is 1. The molecular formula is C22H32N4O3S. The van der Waals surface area contributed by atoms with Gasteiger partial charge in [0.1, 0.15) is 12.4 Å². The monoisotopic (exact) mass is 432 g/mol. The third kappa shape index (κ3) is 8.42. The lowest BCUT2D eigenvalue weighted by atomic mass is 10.1. The van der Waals surface area contributed by atoms with Crippen LogP contribution < -0.4 is 14.8 Å². The highest BCUT2D eigenvalue weighted by Crippen LogP contribution is 2.09. The van der Waals surface area contributed by atoms with Gasteiger partial charge in [-0.1, -0.05) is 42.5 Å². The number of likely N-dealkylation sites (N-methyl/N-ethyl adjacent to an activating group) is 1. The van der Waals surface area contributed by atoms with Crippen molar-refractivity contribution in [2.45, 2.75) is 32.2 Å².